The Bertz CT molecular complexity index is 697. The molecule has 0 fully saturated rings. The number of aromatic nitrogens is 4. The molecule has 0 aliphatic rings. The molecule has 12 heteroatoms. The van der Waals surface area contributed by atoms with E-state index in [1.165, 1.54) is 0 Å². The van der Waals surface area contributed by atoms with Crippen molar-refractivity contribution in [1.82, 2.24) is 30.6 Å². The van der Waals surface area contributed by atoms with Gasteiger partial charge >= 0.3 is 0 Å². The third-order valence-electron chi connectivity index (χ3n) is 4.26. The van der Waals surface area contributed by atoms with Crippen LogP contribution in [0.5, 0.6) is 0 Å². The second kappa shape index (κ2) is 14.6. The molecule has 0 saturated heterocycles. The van der Waals surface area contributed by atoms with Crippen LogP contribution in [0.4, 0.5) is 0 Å². The number of aromatic amines is 2. The van der Waals surface area contributed by atoms with Crippen molar-refractivity contribution in [2.24, 2.45) is 21.5 Å². The first-order valence-corrected chi connectivity index (χ1v) is 12.5. The molecule has 2 heterocycles. The van der Waals surface area contributed by atoms with Gasteiger partial charge in [-0.2, -0.15) is 0 Å². The van der Waals surface area contributed by atoms with E-state index in [0.29, 0.717) is 35.5 Å². The van der Waals surface area contributed by atoms with Gasteiger partial charge in [0.2, 0.25) is 0 Å². The summed E-state index contributed by atoms with van der Waals surface area (Å²) in [7, 11) is 0. The SMILES string of the molecule is CC(SCCN=C(N)NCCCNC(N)=NCCSC(C)c1ncc[nH]1)c1ncc[nH]1. The van der Waals surface area contributed by atoms with Crippen LogP contribution in [-0.2, 0) is 0 Å². The zero-order valence-electron chi connectivity index (χ0n) is 18.2. The van der Waals surface area contributed by atoms with Crippen molar-refractivity contribution >= 4 is 35.4 Å². The lowest BCUT2D eigenvalue weighted by molar-refractivity contribution is 0.733. The second-order valence-electron chi connectivity index (χ2n) is 6.72. The van der Waals surface area contributed by atoms with Crippen LogP contribution in [0.2, 0.25) is 0 Å². The van der Waals surface area contributed by atoms with Crippen LogP contribution in [0.15, 0.2) is 34.8 Å². The topological polar surface area (TPSA) is 158 Å². The molecule has 8 N–H and O–H groups in total. The molecular weight excluding hydrogens is 432 g/mol. The number of nitrogens with zero attached hydrogens (tertiary/aromatic N) is 4. The quantitative estimate of drug-likeness (QED) is 0.139. The van der Waals surface area contributed by atoms with Gasteiger partial charge in [-0.1, -0.05) is 0 Å². The Balaban J connectivity index is 1.46. The maximum Gasteiger partial charge on any atom is 0.188 e. The van der Waals surface area contributed by atoms with Crippen LogP contribution < -0.4 is 22.1 Å². The Morgan fingerprint density at radius 1 is 0.903 bits per heavy atom. The highest BCUT2D eigenvalue weighted by atomic mass is 32.2. The first-order valence-electron chi connectivity index (χ1n) is 10.4. The van der Waals surface area contributed by atoms with Crippen LogP contribution in [0.1, 0.15) is 42.4 Å². The van der Waals surface area contributed by atoms with Crippen molar-refractivity contribution in [3.05, 3.63) is 36.4 Å². The molecular formula is C19H34N10S2. The molecule has 0 spiro atoms. The fourth-order valence-corrected chi connectivity index (χ4v) is 4.26. The van der Waals surface area contributed by atoms with E-state index in [2.05, 4.69) is 54.4 Å². The van der Waals surface area contributed by atoms with E-state index in [0.717, 1.165) is 42.7 Å². The predicted octanol–water partition coefficient (Wildman–Crippen LogP) is 1.62. The number of guanidine groups is 2. The monoisotopic (exact) mass is 466 g/mol. The highest BCUT2D eigenvalue weighted by Crippen LogP contribution is 2.25. The molecule has 0 aromatic carbocycles. The number of aliphatic imine (C=N–C) groups is 2. The van der Waals surface area contributed by atoms with Crippen molar-refractivity contribution in [3.8, 4) is 0 Å². The second-order valence-corrected chi connectivity index (χ2v) is 9.61. The summed E-state index contributed by atoms with van der Waals surface area (Å²) in [6, 6.07) is 0. The number of hydrogen-bond donors (Lipinski definition) is 6. The average molecular weight is 467 g/mol. The summed E-state index contributed by atoms with van der Waals surface area (Å²) in [6.45, 7) is 7.03. The number of nitrogens with two attached hydrogens (primary N) is 2. The van der Waals surface area contributed by atoms with Gasteiger partial charge in [0.25, 0.3) is 0 Å². The third-order valence-corrected chi connectivity index (χ3v) is 6.54. The van der Waals surface area contributed by atoms with Gasteiger partial charge in [0.05, 0.1) is 23.6 Å². The fourth-order valence-electron chi connectivity index (χ4n) is 2.58. The average Bonchev–Trinajstić information content (AvgIpc) is 3.48. The van der Waals surface area contributed by atoms with E-state index >= 15 is 0 Å². The highest BCUT2D eigenvalue weighted by Gasteiger charge is 2.08. The Morgan fingerprint density at radius 2 is 1.35 bits per heavy atom. The summed E-state index contributed by atoms with van der Waals surface area (Å²) in [6.07, 6.45) is 8.07. The molecule has 2 unspecified atom stereocenters. The molecule has 2 aromatic rings. The molecule has 2 rings (SSSR count). The van der Waals surface area contributed by atoms with E-state index < -0.39 is 0 Å². The Hall–Kier alpha value is -2.34. The van der Waals surface area contributed by atoms with Crippen molar-refractivity contribution in [2.45, 2.75) is 30.8 Å². The fraction of sp³-hybridized carbons (Fsp3) is 0.579. The van der Waals surface area contributed by atoms with Crippen LogP contribution in [0.3, 0.4) is 0 Å². The van der Waals surface area contributed by atoms with E-state index in [9.17, 15) is 0 Å². The molecule has 0 amide bonds. The van der Waals surface area contributed by atoms with Gasteiger partial charge in [-0.05, 0) is 20.3 Å². The standard InChI is InChI=1S/C19H34N10S2/c1-14(16-22-6-7-23-16)30-12-10-28-18(20)26-4-3-5-27-19(21)29-11-13-31-15(2)17-24-8-9-25-17/h6-9,14-15H,3-5,10-13H2,1-2H3,(H,22,23)(H,24,25)(H3,20,26,28)(H3,21,27,29). The first-order chi connectivity index (χ1) is 15.1. The molecule has 0 saturated carbocycles. The van der Waals surface area contributed by atoms with Gasteiger partial charge in [0.15, 0.2) is 11.9 Å². The molecule has 172 valence electrons. The van der Waals surface area contributed by atoms with E-state index in [1.807, 2.05) is 12.4 Å². The van der Waals surface area contributed by atoms with Crippen LogP contribution in [-0.4, -0.2) is 69.5 Å². The van der Waals surface area contributed by atoms with Gasteiger partial charge in [-0.15, -0.1) is 23.5 Å². The van der Waals surface area contributed by atoms with Gasteiger partial charge in [-0.25, -0.2) is 9.97 Å². The molecule has 0 bridgehead atoms. The number of hydrogen-bond acceptors (Lipinski definition) is 6. The van der Waals surface area contributed by atoms with Crippen LogP contribution in [0, 0.1) is 0 Å². The summed E-state index contributed by atoms with van der Waals surface area (Å²) in [5, 5.41) is 6.87. The summed E-state index contributed by atoms with van der Waals surface area (Å²) in [4.78, 5) is 23.5. The van der Waals surface area contributed by atoms with Crippen molar-refractivity contribution in [3.63, 3.8) is 0 Å². The smallest absolute Gasteiger partial charge is 0.188 e. The van der Waals surface area contributed by atoms with Gasteiger partial charge < -0.3 is 32.1 Å². The molecule has 10 nitrogen and oxygen atoms in total. The number of imidazole rings is 2. The summed E-state index contributed by atoms with van der Waals surface area (Å²) >= 11 is 3.59. The molecule has 2 aromatic heterocycles. The Kier molecular flexibility index (Phi) is 11.8. The first kappa shape index (κ1) is 24.9. The minimum Gasteiger partial charge on any atom is -0.370 e. The molecule has 31 heavy (non-hydrogen) atoms. The van der Waals surface area contributed by atoms with Crippen molar-refractivity contribution < 1.29 is 0 Å². The summed E-state index contributed by atoms with van der Waals surface area (Å²) in [5.74, 6) is 4.68. The molecule has 0 aliphatic heterocycles. The van der Waals surface area contributed by atoms with Crippen LogP contribution in [0.25, 0.3) is 0 Å². The lowest BCUT2D eigenvalue weighted by Gasteiger charge is -2.09. The normalized spacial score (nSPS) is 14.4. The highest BCUT2D eigenvalue weighted by molar-refractivity contribution is 7.99. The minimum atomic E-state index is 0.315. The Labute approximate surface area is 192 Å². The van der Waals surface area contributed by atoms with Crippen molar-refractivity contribution in [1.29, 1.82) is 0 Å². The molecule has 0 radical (unpaired) electrons. The zero-order valence-corrected chi connectivity index (χ0v) is 19.8. The van der Waals surface area contributed by atoms with Gasteiger partial charge in [0, 0.05) is 49.4 Å². The Morgan fingerprint density at radius 3 is 1.74 bits per heavy atom. The van der Waals surface area contributed by atoms with Gasteiger partial charge in [-0.3, -0.25) is 9.98 Å². The number of nitrogens with one attached hydrogen (secondary N) is 4. The zero-order chi connectivity index (χ0) is 22.3. The largest absolute Gasteiger partial charge is 0.370 e. The van der Waals surface area contributed by atoms with E-state index in [1.54, 1.807) is 35.9 Å². The maximum absolute atomic E-state index is 5.90. The molecule has 2 atom stereocenters. The number of rotatable bonds is 14. The molecule has 0 aliphatic carbocycles. The number of thioether (sulfide) groups is 2. The van der Waals surface area contributed by atoms with E-state index in [-0.39, 0.29) is 0 Å². The van der Waals surface area contributed by atoms with E-state index in [4.69, 9.17) is 11.5 Å². The lowest BCUT2D eigenvalue weighted by Crippen LogP contribution is -2.36. The van der Waals surface area contributed by atoms with Crippen LogP contribution >= 0.6 is 23.5 Å². The summed E-state index contributed by atoms with van der Waals surface area (Å²) in [5.41, 5.74) is 11.8. The minimum absolute atomic E-state index is 0.315. The van der Waals surface area contributed by atoms with Crippen molar-refractivity contribution in [2.75, 3.05) is 37.7 Å². The summed E-state index contributed by atoms with van der Waals surface area (Å²) < 4.78 is 0. The lowest BCUT2D eigenvalue weighted by atomic mass is 10.4. The predicted molar refractivity (Wildman–Crippen MR) is 133 cm³/mol. The van der Waals surface area contributed by atoms with Gasteiger partial charge in [0.1, 0.15) is 11.6 Å². The number of H-pyrrole nitrogens is 2. The third kappa shape index (κ3) is 10.5. The maximum atomic E-state index is 5.90.